The lowest BCUT2D eigenvalue weighted by Gasteiger charge is -2.36. The van der Waals surface area contributed by atoms with Crippen LogP contribution in [0.15, 0.2) is 41.5 Å². The lowest BCUT2D eigenvalue weighted by molar-refractivity contribution is 0.0926. The highest BCUT2D eigenvalue weighted by molar-refractivity contribution is 14.1. The van der Waals surface area contributed by atoms with E-state index in [1.807, 2.05) is 0 Å². The number of Topliss-reactive ketones (excluding diaryl/α,β-unsaturated/α-hetero) is 1. The molecular weight excluding hydrogens is 451 g/mol. The van der Waals surface area contributed by atoms with E-state index in [4.69, 9.17) is 5.53 Å². The first-order chi connectivity index (χ1) is 13.0. The third-order valence-electron chi connectivity index (χ3n) is 4.85. The fourth-order valence-corrected chi connectivity index (χ4v) is 4.03. The summed E-state index contributed by atoms with van der Waals surface area (Å²) in [5, 5.41) is 3.62. The minimum atomic E-state index is 0.0976. The first-order valence-electron chi connectivity index (χ1n) is 8.90. The number of carbonyl (C=O) groups excluding carboxylic acids is 1. The second-order valence-electron chi connectivity index (χ2n) is 6.83. The Morgan fingerprint density at radius 3 is 2.52 bits per heavy atom. The summed E-state index contributed by atoms with van der Waals surface area (Å²) >= 11 is 2.09. The van der Waals surface area contributed by atoms with E-state index in [0.717, 1.165) is 29.7 Å². The van der Waals surface area contributed by atoms with Crippen LogP contribution in [0.5, 0.6) is 0 Å². The Labute approximate surface area is 172 Å². The Hall–Kier alpha value is -2.09. The maximum Gasteiger partial charge on any atom is 0.176 e. The first kappa shape index (κ1) is 19.7. The standard InChI is InChI=1S/C20H22IN5O/c1-14-3-6-19(15(2)11-14)26-9-7-25(8-10-26)13-20(27)16-4-5-18(23-24-22)17(21)12-16/h3-6,11-12H,7-10,13H2,1-2H3/i21-2. The van der Waals surface area contributed by atoms with Crippen molar-refractivity contribution in [2.24, 2.45) is 5.11 Å². The molecule has 0 aromatic heterocycles. The van der Waals surface area contributed by atoms with Gasteiger partial charge in [-0.2, -0.15) is 0 Å². The Balaban J connectivity index is 1.59. The molecule has 7 heteroatoms. The minimum Gasteiger partial charge on any atom is -0.369 e. The fraction of sp³-hybridized carbons (Fsp3) is 0.350. The van der Waals surface area contributed by atoms with E-state index in [1.54, 1.807) is 18.2 Å². The molecule has 3 rings (SSSR count). The van der Waals surface area contributed by atoms with Crippen LogP contribution in [0.1, 0.15) is 21.5 Å². The highest BCUT2D eigenvalue weighted by Gasteiger charge is 2.21. The zero-order valence-electron chi connectivity index (χ0n) is 15.5. The smallest absolute Gasteiger partial charge is 0.176 e. The Morgan fingerprint density at radius 1 is 1.15 bits per heavy atom. The second-order valence-corrected chi connectivity index (χ2v) is 7.99. The van der Waals surface area contributed by atoms with Crippen molar-refractivity contribution in [2.75, 3.05) is 37.6 Å². The van der Waals surface area contributed by atoms with Crippen LogP contribution in [-0.2, 0) is 0 Å². The molecule has 6 nitrogen and oxygen atoms in total. The summed E-state index contributed by atoms with van der Waals surface area (Å²) < 4.78 is 0.788. The molecule has 27 heavy (non-hydrogen) atoms. The SMILES string of the molecule is Cc1ccc(N2CCN(CC(=O)c3ccc(N=[N+]=[N-])c([125I])c3)CC2)c(C)c1. The Morgan fingerprint density at radius 2 is 1.89 bits per heavy atom. The van der Waals surface area contributed by atoms with E-state index in [0.29, 0.717) is 17.8 Å². The molecule has 0 aliphatic carbocycles. The third kappa shape index (κ3) is 4.80. The predicted octanol–water partition coefficient (Wildman–Crippen LogP) is 4.85. The number of rotatable bonds is 5. The molecule has 0 N–H and O–H groups in total. The first-order valence-corrected chi connectivity index (χ1v) is 9.98. The van der Waals surface area contributed by atoms with Crippen molar-refractivity contribution >= 4 is 39.7 Å². The molecule has 1 aliphatic rings. The van der Waals surface area contributed by atoms with Crippen molar-refractivity contribution in [3.8, 4) is 0 Å². The number of hydrogen-bond donors (Lipinski definition) is 0. The average molecular weight is 473 g/mol. The van der Waals surface area contributed by atoms with Crippen LogP contribution in [-0.4, -0.2) is 43.4 Å². The van der Waals surface area contributed by atoms with Gasteiger partial charge in [0.25, 0.3) is 0 Å². The molecule has 0 amide bonds. The van der Waals surface area contributed by atoms with Crippen molar-refractivity contribution in [1.29, 1.82) is 0 Å². The Kier molecular flexibility index (Phi) is 6.36. The van der Waals surface area contributed by atoms with E-state index < -0.39 is 0 Å². The molecule has 0 radical (unpaired) electrons. The highest BCUT2D eigenvalue weighted by Crippen LogP contribution is 2.24. The van der Waals surface area contributed by atoms with Gasteiger partial charge in [0, 0.05) is 45.9 Å². The van der Waals surface area contributed by atoms with Gasteiger partial charge in [0.15, 0.2) is 5.78 Å². The van der Waals surface area contributed by atoms with Crippen LogP contribution in [0.4, 0.5) is 11.4 Å². The molecule has 0 spiro atoms. The molecule has 1 fully saturated rings. The van der Waals surface area contributed by atoms with Gasteiger partial charge in [-0.05, 0) is 59.7 Å². The van der Waals surface area contributed by atoms with Crippen molar-refractivity contribution < 1.29 is 4.79 Å². The third-order valence-corrected chi connectivity index (χ3v) is 5.72. The lowest BCUT2D eigenvalue weighted by Crippen LogP contribution is -2.48. The number of benzene rings is 2. The zero-order chi connectivity index (χ0) is 19.4. The van der Waals surface area contributed by atoms with E-state index >= 15 is 0 Å². The van der Waals surface area contributed by atoms with Crippen LogP contribution < -0.4 is 4.90 Å². The quantitative estimate of drug-likeness (QED) is 0.205. The van der Waals surface area contributed by atoms with Crippen molar-refractivity contribution in [3.63, 3.8) is 0 Å². The van der Waals surface area contributed by atoms with Gasteiger partial charge in [0.05, 0.1) is 12.2 Å². The number of azide groups is 1. The number of anilines is 1. The van der Waals surface area contributed by atoms with Gasteiger partial charge in [-0.1, -0.05) is 34.9 Å². The summed E-state index contributed by atoms with van der Waals surface area (Å²) in [4.78, 5) is 20.0. The molecule has 2 aromatic carbocycles. The van der Waals surface area contributed by atoms with Gasteiger partial charge >= 0.3 is 0 Å². The molecular formula is C20H22IN5O. The van der Waals surface area contributed by atoms with Crippen molar-refractivity contribution in [1.82, 2.24) is 4.90 Å². The molecule has 2 aromatic rings. The summed E-state index contributed by atoms with van der Waals surface area (Å²) in [5.41, 5.74) is 13.6. The van der Waals surface area contributed by atoms with Crippen LogP contribution in [0.3, 0.4) is 0 Å². The monoisotopic (exact) mass is 473 g/mol. The fourth-order valence-electron chi connectivity index (χ4n) is 3.41. The van der Waals surface area contributed by atoms with Crippen LogP contribution >= 0.6 is 22.6 Å². The largest absolute Gasteiger partial charge is 0.369 e. The van der Waals surface area contributed by atoms with Crippen molar-refractivity contribution in [2.45, 2.75) is 13.8 Å². The summed E-state index contributed by atoms with van der Waals surface area (Å²) in [7, 11) is 0. The summed E-state index contributed by atoms with van der Waals surface area (Å²) in [6, 6.07) is 11.8. The second kappa shape index (κ2) is 8.73. The van der Waals surface area contributed by atoms with E-state index in [1.165, 1.54) is 16.8 Å². The van der Waals surface area contributed by atoms with Crippen molar-refractivity contribution in [3.05, 3.63) is 67.1 Å². The van der Waals surface area contributed by atoms with Crippen LogP contribution in [0, 0.1) is 17.4 Å². The van der Waals surface area contributed by atoms with Crippen LogP contribution in [0.25, 0.3) is 10.4 Å². The number of ketones is 1. The van der Waals surface area contributed by atoms with Crippen LogP contribution in [0.2, 0.25) is 0 Å². The molecule has 1 aliphatic heterocycles. The molecule has 1 heterocycles. The summed E-state index contributed by atoms with van der Waals surface area (Å²) in [6.45, 7) is 8.26. The van der Waals surface area contributed by atoms with Gasteiger partial charge < -0.3 is 4.90 Å². The normalized spacial score (nSPS) is 14.7. The molecule has 0 bridgehead atoms. The highest BCUT2D eigenvalue weighted by atomic mass is 125. The molecule has 140 valence electrons. The van der Waals surface area contributed by atoms with Gasteiger partial charge in [-0.3, -0.25) is 9.69 Å². The molecule has 0 saturated carbocycles. The van der Waals surface area contributed by atoms with E-state index in [2.05, 4.69) is 74.5 Å². The number of piperazine rings is 1. The lowest BCUT2D eigenvalue weighted by atomic mass is 10.1. The summed E-state index contributed by atoms with van der Waals surface area (Å²) in [5.74, 6) is 0.0976. The van der Waals surface area contributed by atoms with Gasteiger partial charge in [-0.15, -0.1) is 0 Å². The number of halogens is 1. The molecule has 0 atom stereocenters. The van der Waals surface area contributed by atoms with Gasteiger partial charge in [-0.25, -0.2) is 0 Å². The number of carbonyl (C=O) groups is 1. The number of nitrogens with zero attached hydrogens (tertiary/aromatic N) is 5. The topological polar surface area (TPSA) is 72.3 Å². The predicted molar refractivity (Wildman–Crippen MR) is 117 cm³/mol. The average Bonchev–Trinajstić information content (AvgIpc) is 2.64. The number of aryl methyl sites for hydroxylation is 2. The van der Waals surface area contributed by atoms with Gasteiger partial charge in [0.2, 0.25) is 0 Å². The number of hydrogen-bond acceptors (Lipinski definition) is 4. The van der Waals surface area contributed by atoms with E-state index in [-0.39, 0.29) is 5.78 Å². The summed E-state index contributed by atoms with van der Waals surface area (Å²) in [6.07, 6.45) is 0. The molecule has 1 saturated heterocycles. The van der Waals surface area contributed by atoms with E-state index in [9.17, 15) is 4.79 Å². The van der Waals surface area contributed by atoms with Gasteiger partial charge in [0.1, 0.15) is 0 Å². The zero-order valence-corrected chi connectivity index (χ0v) is 17.7. The maximum absolute atomic E-state index is 12.6. The maximum atomic E-state index is 12.6. The molecule has 0 unspecified atom stereocenters. The Bertz CT molecular complexity index is 899. The minimum absolute atomic E-state index is 0.0976.